The largest absolute Gasteiger partial charge is 0.480 e. The second-order valence-electron chi connectivity index (χ2n) is 3.25. The van der Waals surface area contributed by atoms with Gasteiger partial charge >= 0.3 is 17.5 Å². The van der Waals surface area contributed by atoms with Crippen LogP contribution in [0, 0.1) is 0 Å². The van der Waals surface area contributed by atoms with Crippen molar-refractivity contribution in [1.82, 2.24) is 10.6 Å². The minimum atomic E-state index is -4.37. The van der Waals surface area contributed by atoms with Gasteiger partial charge in [-0.1, -0.05) is 0 Å². The summed E-state index contributed by atoms with van der Waals surface area (Å²) in [7, 11) is 0. The lowest BCUT2D eigenvalue weighted by Crippen LogP contribution is -2.51. The number of amides is 2. The standard InChI is InChI=1S/C8H13F3N2O4S/c1-4(14)5(6(15)16)13-7(17)12-2-3-18-8(9,10)11/h4-5,14H,2-3H2,1H3,(H,15,16)(H2,12,13,17)/t4-,5+/m1/s1. The van der Waals surface area contributed by atoms with Gasteiger partial charge < -0.3 is 20.8 Å². The zero-order valence-corrected chi connectivity index (χ0v) is 10.1. The molecule has 0 rings (SSSR count). The Morgan fingerprint density at radius 1 is 1.39 bits per heavy atom. The van der Waals surface area contributed by atoms with Crippen molar-refractivity contribution in [3.05, 3.63) is 0 Å². The molecular formula is C8H13F3N2O4S. The molecule has 0 heterocycles. The van der Waals surface area contributed by atoms with E-state index in [0.29, 0.717) is 0 Å². The fraction of sp³-hybridized carbons (Fsp3) is 0.750. The van der Waals surface area contributed by atoms with Crippen LogP contribution in [0.1, 0.15) is 6.92 Å². The van der Waals surface area contributed by atoms with Crippen LogP contribution in [0.25, 0.3) is 0 Å². The molecule has 0 bridgehead atoms. The van der Waals surface area contributed by atoms with Crippen molar-refractivity contribution >= 4 is 23.8 Å². The number of rotatable bonds is 6. The highest BCUT2D eigenvalue weighted by molar-refractivity contribution is 8.00. The molecule has 6 nitrogen and oxygen atoms in total. The number of thioether (sulfide) groups is 1. The molecule has 0 aliphatic carbocycles. The molecule has 0 saturated carbocycles. The summed E-state index contributed by atoms with van der Waals surface area (Å²) < 4.78 is 35.2. The van der Waals surface area contributed by atoms with E-state index in [1.165, 1.54) is 6.92 Å². The van der Waals surface area contributed by atoms with Crippen molar-refractivity contribution in [2.75, 3.05) is 12.3 Å². The molecule has 0 saturated heterocycles. The Morgan fingerprint density at radius 2 is 1.94 bits per heavy atom. The van der Waals surface area contributed by atoms with E-state index in [4.69, 9.17) is 10.2 Å². The van der Waals surface area contributed by atoms with Crippen molar-refractivity contribution in [2.45, 2.75) is 24.6 Å². The van der Waals surface area contributed by atoms with E-state index >= 15 is 0 Å². The Balaban J connectivity index is 3.93. The maximum atomic E-state index is 11.7. The molecule has 2 atom stereocenters. The third kappa shape index (κ3) is 8.01. The van der Waals surface area contributed by atoms with E-state index in [9.17, 15) is 22.8 Å². The van der Waals surface area contributed by atoms with Gasteiger partial charge in [0.05, 0.1) is 6.10 Å². The quantitative estimate of drug-likeness (QED) is 0.530. The van der Waals surface area contributed by atoms with Crippen LogP contribution in [0.2, 0.25) is 0 Å². The number of hydrogen-bond acceptors (Lipinski definition) is 4. The van der Waals surface area contributed by atoms with Crippen LogP contribution >= 0.6 is 11.8 Å². The number of aliphatic hydroxyl groups is 1. The summed E-state index contributed by atoms with van der Waals surface area (Å²) in [5, 5.41) is 21.6. The van der Waals surface area contributed by atoms with Gasteiger partial charge in [0.2, 0.25) is 0 Å². The fourth-order valence-electron chi connectivity index (χ4n) is 0.912. The van der Waals surface area contributed by atoms with E-state index in [0.717, 1.165) is 0 Å². The van der Waals surface area contributed by atoms with E-state index in [-0.39, 0.29) is 24.1 Å². The molecule has 18 heavy (non-hydrogen) atoms. The molecule has 4 N–H and O–H groups in total. The van der Waals surface area contributed by atoms with E-state index in [1.54, 1.807) is 0 Å². The second kappa shape index (κ2) is 7.31. The molecular weight excluding hydrogens is 277 g/mol. The smallest absolute Gasteiger partial charge is 0.441 e. The molecule has 0 fully saturated rings. The average Bonchev–Trinajstić information content (AvgIpc) is 2.18. The Kier molecular flexibility index (Phi) is 6.84. The van der Waals surface area contributed by atoms with Crippen LogP contribution in [0.3, 0.4) is 0 Å². The minimum Gasteiger partial charge on any atom is -0.480 e. The van der Waals surface area contributed by atoms with Gasteiger partial charge in [-0.05, 0) is 18.7 Å². The molecule has 10 heteroatoms. The first kappa shape index (κ1) is 16.8. The molecule has 0 unspecified atom stereocenters. The Morgan fingerprint density at radius 3 is 2.33 bits per heavy atom. The molecule has 0 aromatic heterocycles. The van der Waals surface area contributed by atoms with Gasteiger partial charge in [0, 0.05) is 12.3 Å². The first-order chi connectivity index (χ1) is 8.13. The Labute approximate surface area is 105 Å². The zero-order chi connectivity index (χ0) is 14.3. The molecule has 0 aliphatic rings. The van der Waals surface area contributed by atoms with Gasteiger partial charge in [0.15, 0.2) is 6.04 Å². The van der Waals surface area contributed by atoms with Crippen molar-refractivity contribution < 1.29 is 33.0 Å². The Hall–Kier alpha value is -1.16. The number of aliphatic hydroxyl groups excluding tert-OH is 1. The molecule has 0 aromatic rings. The number of urea groups is 1. The molecule has 0 aromatic carbocycles. The number of aliphatic carboxylic acids is 1. The topological polar surface area (TPSA) is 98.7 Å². The number of nitrogens with one attached hydrogen (secondary N) is 2. The summed E-state index contributed by atoms with van der Waals surface area (Å²) in [6, 6.07) is -2.47. The van der Waals surface area contributed by atoms with Crippen molar-refractivity contribution in [2.24, 2.45) is 0 Å². The maximum absolute atomic E-state index is 11.7. The summed E-state index contributed by atoms with van der Waals surface area (Å²) >= 11 is -0.301. The summed E-state index contributed by atoms with van der Waals surface area (Å²) in [6.45, 7) is 0.890. The van der Waals surface area contributed by atoms with Crippen molar-refractivity contribution in [3.63, 3.8) is 0 Å². The summed E-state index contributed by atoms with van der Waals surface area (Å²) in [4.78, 5) is 21.7. The second-order valence-corrected chi connectivity index (χ2v) is 4.41. The Bertz CT molecular complexity index is 299. The molecule has 0 aliphatic heterocycles. The number of carboxylic acids is 1. The van der Waals surface area contributed by atoms with Gasteiger partial charge in [-0.25, -0.2) is 9.59 Å². The van der Waals surface area contributed by atoms with Crippen LogP contribution in [0.4, 0.5) is 18.0 Å². The molecule has 106 valence electrons. The predicted molar refractivity (Wildman–Crippen MR) is 58.2 cm³/mol. The van der Waals surface area contributed by atoms with Gasteiger partial charge in [-0.2, -0.15) is 13.2 Å². The van der Waals surface area contributed by atoms with E-state index < -0.39 is 29.7 Å². The highest BCUT2D eigenvalue weighted by Crippen LogP contribution is 2.29. The lowest BCUT2D eigenvalue weighted by Gasteiger charge is -2.17. The predicted octanol–water partition coefficient (Wildman–Crippen LogP) is 0.373. The third-order valence-electron chi connectivity index (χ3n) is 1.69. The zero-order valence-electron chi connectivity index (χ0n) is 9.32. The summed E-state index contributed by atoms with van der Waals surface area (Å²) in [6.07, 6.45) is -1.32. The molecule has 0 radical (unpaired) electrons. The van der Waals surface area contributed by atoms with Crippen LogP contribution < -0.4 is 10.6 Å². The number of hydrogen-bond donors (Lipinski definition) is 4. The van der Waals surface area contributed by atoms with Crippen molar-refractivity contribution in [3.8, 4) is 0 Å². The molecule has 0 spiro atoms. The molecule has 2 amide bonds. The summed E-state index contributed by atoms with van der Waals surface area (Å²) in [5.74, 6) is -1.83. The van der Waals surface area contributed by atoms with E-state index in [2.05, 4.69) is 5.32 Å². The monoisotopic (exact) mass is 290 g/mol. The van der Waals surface area contributed by atoms with Gasteiger partial charge in [0.1, 0.15) is 0 Å². The first-order valence-electron chi connectivity index (χ1n) is 4.79. The lowest BCUT2D eigenvalue weighted by atomic mass is 10.2. The lowest BCUT2D eigenvalue weighted by molar-refractivity contribution is -0.141. The highest BCUT2D eigenvalue weighted by atomic mass is 32.2. The normalized spacial score (nSPS) is 14.7. The van der Waals surface area contributed by atoms with Crippen LogP contribution in [-0.2, 0) is 4.79 Å². The van der Waals surface area contributed by atoms with Gasteiger partial charge in [0.25, 0.3) is 0 Å². The summed E-state index contributed by atoms with van der Waals surface area (Å²) in [5.41, 5.74) is -4.37. The number of carbonyl (C=O) groups is 2. The SMILES string of the molecule is C[C@@H](O)[C@H](NC(=O)NCCSC(F)(F)F)C(=O)O. The third-order valence-corrected chi connectivity index (χ3v) is 2.42. The van der Waals surface area contributed by atoms with E-state index in [1.807, 2.05) is 5.32 Å². The number of halogens is 3. The van der Waals surface area contributed by atoms with Gasteiger partial charge in [-0.3, -0.25) is 0 Å². The van der Waals surface area contributed by atoms with Gasteiger partial charge in [-0.15, -0.1) is 0 Å². The maximum Gasteiger partial charge on any atom is 0.441 e. The minimum absolute atomic E-state index is 0.276. The average molecular weight is 290 g/mol. The van der Waals surface area contributed by atoms with Crippen LogP contribution in [0.15, 0.2) is 0 Å². The number of carboxylic acid groups (broad SMARTS) is 1. The fourth-order valence-corrected chi connectivity index (χ4v) is 1.35. The van der Waals surface area contributed by atoms with Crippen molar-refractivity contribution in [1.29, 1.82) is 0 Å². The highest BCUT2D eigenvalue weighted by Gasteiger charge is 2.28. The van der Waals surface area contributed by atoms with Crippen LogP contribution in [-0.4, -0.2) is 52.2 Å². The number of alkyl halides is 3. The van der Waals surface area contributed by atoms with Crippen LogP contribution in [0.5, 0.6) is 0 Å². The number of carbonyl (C=O) groups excluding carboxylic acids is 1. The first-order valence-corrected chi connectivity index (χ1v) is 5.78.